The summed E-state index contributed by atoms with van der Waals surface area (Å²) in [6.07, 6.45) is 12.5. The summed E-state index contributed by atoms with van der Waals surface area (Å²) in [5.41, 5.74) is 0. The molecular weight excluding hydrogens is 232 g/mol. The second kappa shape index (κ2) is 12.3. The molecule has 0 rings (SSSR count). The number of rotatable bonds is 12. The van der Waals surface area contributed by atoms with Crippen LogP contribution in [-0.2, 0) is 0 Å². The molecule has 0 aliphatic heterocycles. The van der Waals surface area contributed by atoms with Crippen LogP contribution in [0.5, 0.6) is 0 Å². The van der Waals surface area contributed by atoms with Crippen LogP contribution < -0.4 is 0 Å². The maximum absolute atomic E-state index is 9.34. The number of hydrogen-bond acceptors (Lipinski definition) is 2. The molecule has 0 aliphatic rings. The zero-order valence-corrected chi connectivity index (χ0v) is 13.6. The Labute approximate surface area is 121 Å². The Kier molecular flexibility index (Phi) is 11.9. The van der Waals surface area contributed by atoms with Gasteiger partial charge in [0, 0.05) is 13.1 Å². The van der Waals surface area contributed by atoms with Gasteiger partial charge >= 0.3 is 0 Å². The molecule has 0 spiro atoms. The number of nitriles is 1. The van der Waals surface area contributed by atoms with Crippen molar-refractivity contribution in [3.05, 3.63) is 0 Å². The minimum Gasteiger partial charge on any atom is -0.310 e. The van der Waals surface area contributed by atoms with E-state index in [1.807, 2.05) is 4.90 Å². The van der Waals surface area contributed by atoms with Crippen LogP contribution in [-0.4, -0.2) is 18.0 Å². The molecule has 0 saturated heterocycles. The summed E-state index contributed by atoms with van der Waals surface area (Å²) >= 11 is 0. The minimum absolute atomic E-state index is 0.697. The fourth-order valence-corrected chi connectivity index (χ4v) is 2.61. The van der Waals surface area contributed by atoms with Gasteiger partial charge in [-0.3, -0.25) is 0 Å². The van der Waals surface area contributed by atoms with Crippen LogP contribution in [0, 0.1) is 23.3 Å². The third-order valence-electron chi connectivity index (χ3n) is 4.19. The van der Waals surface area contributed by atoms with Gasteiger partial charge in [-0.25, -0.2) is 0 Å². The van der Waals surface area contributed by atoms with E-state index in [9.17, 15) is 5.26 Å². The first-order chi connectivity index (χ1) is 9.21. The Morgan fingerprint density at radius 1 is 0.842 bits per heavy atom. The van der Waals surface area contributed by atoms with Crippen molar-refractivity contribution in [2.75, 3.05) is 13.1 Å². The monoisotopic (exact) mass is 266 g/mol. The SMILES string of the molecule is CCCCC(CC)CN(C#N)CC(CC)CCCC. The average Bonchev–Trinajstić information content (AvgIpc) is 2.45. The van der Waals surface area contributed by atoms with Crippen molar-refractivity contribution < 1.29 is 0 Å². The van der Waals surface area contributed by atoms with Crippen LogP contribution in [0.2, 0.25) is 0 Å². The van der Waals surface area contributed by atoms with Gasteiger partial charge in [0.15, 0.2) is 6.19 Å². The van der Waals surface area contributed by atoms with Crippen LogP contribution in [0.1, 0.15) is 79.1 Å². The lowest BCUT2D eigenvalue weighted by molar-refractivity contribution is 0.248. The Morgan fingerprint density at radius 3 is 1.53 bits per heavy atom. The molecule has 2 unspecified atom stereocenters. The molecule has 112 valence electrons. The normalized spacial score (nSPS) is 13.8. The lowest BCUT2D eigenvalue weighted by Gasteiger charge is -2.26. The van der Waals surface area contributed by atoms with Gasteiger partial charge < -0.3 is 4.90 Å². The highest BCUT2D eigenvalue weighted by molar-refractivity contribution is 4.79. The highest BCUT2D eigenvalue weighted by atomic mass is 15.1. The van der Waals surface area contributed by atoms with E-state index in [-0.39, 0.29) is 0 Å². The molecule has 0 aliphatic carbocycles. The zero-order chi connectivity index (χ0) is 14.5. The minimum atomic E-state index is 0.697. The fraction of sp³-hybridized carbons (Fsp3) is 0.941. The van der Waals surface area contributed by atoms with Crippen molar-refractivity contribution in [3.8, 4) is 6.19 Å². The lowest BCUT2D eigenvalue weighted by atomic mass is 9.96. The molecule has 0 aromatic heterocycles. The van der Waals surface area contributed by atoms with Crippen molar-refractivity contribution >= 4 is 0 Å². The fourth-order valence-electron chi connectivity index (χ4n) is 2.61. The standard InChI is InChI=1S/C17H34N2/c1-5-9-11-16(7-3)13-19(15-18)14-17(8-4)12-10-6-2/h16-17H,5-14H2,1-4H3. The van der Waals surface area contributed by atoms with Crippen LogP contribution in [0.25, 0.3) is 0 Å². The molecule has 0 N–H and O–H groups in total. The van der Waals surface area contributed by atoms with Gasteiger partial charge in [0.1, 0.15) is 0 Å². The predicted octanol–water partition coefficient (Wildman–Crippen LogP) is 5.20. The van der Waals surface area contributed by atoms with Crippen LogP contribution in [0.3, 0.4) is 0 Å². The topological polar surface area (TPSA) is 27.0 Å². The van der Waals surface area contributed by atoms with Crippen LogP contribution in [0.15, 0.2) is 0 Å². The Bertz CT molecular complexity index is 214. The van der Waals surface area contributed by atoms with Crippen molar-refractivity contribution in [1.29, 1.82) is 5.26 Å². The molecule has 0 saturated carbocycles. The molecule has 0 aromatic rings. The van der Waals surface area contributed by atoms with E-state index >= 15 is 0 Å². The predicted molar refractivity (Wildman–Crippen MR) is 83.8 cm³/mol. The van der Waals surface area contributed by atoms with E-state index < -0.39 is 0 Å². The van der Waals surface area contributed by atoms with E-state index in [1.54, 1.807) is 0 Å². The van der Waals surface area contributed by atoms with Gasteiger partial charge in [0.25, 0.3) is 0 Å². The molecule has 2 heteroatoms. The van der Waals surface area contributed by atoms with Crippen molar-refractivity contribution in [2.24, 2.45) is 11.8 Å². The molecular formula is C17H34N2. The third kappa shape index (κ3) is 8.92. The lowest BCUT2D eigenvalue weighted by Crippen LogP contribution is -2.30. The van der Waals surface area contributed by atoms with Crippen molar-refractivity contribution in [3.63, 3.8) is 0 Å². The highest BCUT2D eigenvalue weighted by Crippen LogP contribution is 2.18. The quantitative estimate of drug-likeness (QED) is 0.358. The largest absolute Gasteiger partial charge is 0.310 e. The molecule has 0 bridgehead atoms. The highest BCUT2D eigenvalue weighted by Gasteiger charge is 2.15. The summed E-state index contributed by atoms with van der Waals surface area (Å²) in [5.74, 6) is 1.39. The second-order valence-corrected chi connectivity index (χ2v) is 5.84. The maximum atomic E-state index is 9.34. The molecule has 0 amide bonds. The van der Waals surface area contributed by atoms with Gasteiger partial charge in [-0.2, -0.15) is 5.26 Å². The maximum Gasteiger partial charge on any atom is 0.179 e. The average molecular weight is 266 g/mol. The van der Waals surface area contributed by atoms with E-state index in [4.69, 9.17) is 0 Å². The van der Waals surface area contributed by atoms with E-state index in [2.05, 4.69) is 33.9 Å². The molecule has 19 heavy (non-hydrogen) atoms. The summed E-state index contributed by atoms with van der Waals surface area (Å²) in [6.45, 7) is 10.9. The first-order valence-electron chi connectivity index (χ1n) is 8.36. The summed E-state index contributed by atoms with van der Waals surface area (Å²) in [4.78, 5) is 2.02. The summed E-state index contributed by atoms with van der Waals surface area (Å²) in [6, 6.07) is 0. The van der Waals surface area contributed by atoms with Crippen molar-refractivity contribution in [2.45, 2.75) is 79.1 Å². The van der Waals surface area contributed by atoms with E-state index in [0.29, 0.717) is 11.8 Å². The third-order valence-corrected chi connectivity index (χ3v) is 4.19. The summed E-state index contributed by atoms with van der Waals surface area (Å²) in [5, 5.41) is 9.34. The summed E-state index contributed by atoms with van der Waals surface area (Å²) < 4.78 is 0. The molecule has 0 heterocycles. The molecule has 2 nitrogen and oxygen atoms in total. The number of unbranched alkanes of at least 4 members (excludes halogenated alkanes) is 2. The van der Waals surface area contributed by atoms with Gasteiger partial charge in [-0.05, 0) is 24.7 Å². The molecule has 0 aromatic carbocycles. The summed E-state index contributed by atoms with van der Waals surface area (Å²) in [7, 11) is 0. The Morgan fingerprint density at radius 2 is 1.26 bits per heavy atom. The smallest absolute Gasteiger partial charge is 0.179 e. The molecule has 0 radical (unpaired) electrons. The zero-order valence-electron chi connectivity index (χ0n) is 13.6. The van der Waals surface area contributed by atoms with Gasteiger partial charge in [-0.1, -0.05) is 66.2 Å². The number of hydrogen-bond donors (Lipinski definition) is 0. The number of nitrogens with zero attached hydrogens (tertiary/aromatic N) is 2. The van der Waals surface area contributed by atoms with E-state index in [0.717, 1.165) is 13.1 Å². The van der Waals surface area contributed by atoms with Crippen molar-refractivity contribution in [1.82, 2.24) is 4.90 Å². The second-order valence-electron chi connectivity index (χ2n) is 5.84. The molecule has 2 atom stereocenters. The first-order valence-corrected chi connectivity index (χ1v) is 8.36. The van der Waals surface area contributed by atoms with Gasteiger partial charge in [0.05, 0.1) is 0 Å². The van der Waals surface area contributed by atoms with Gasteiger partial charge in [0.2, 0.25) is 0 Å². The Balaban J connectivity index is 4.19. The Hall–Kier alpha value is -0.710. The van der Waals surface area contributed by atoms with Crippen LogP contribution >= 0.6 is 0 Å². The molecule has 0 fully saturated rings. The van der Waals surface area contributed by atoms with E-state index in [1.165, 1.54) is 51.4 Å². The first kappa shape index (κ1) is 18.3. The van der Waals surface area contributed by atoms with Gasteiger partial charge in [-0.15, -0.1) is 0 Å². The van der Waals surface area contributed by atoms with Crippen LogP contribution in [0.4, 0.5) is 0 Å².